The molecule has 2 rings (SSSR count). The zero-order valence-electron chi connectivity index (χ0n) is 8.32. The van der Waals surface area contributed by atoms with Crippen LogP contribution in [0.4, 0.5) is 5.69 Å². The van der Waals surface area contributed by atoms with Gasteiger partial charge in [0.05, 0.1) is 13.2 Å². The summed E-state index contributed by atoms with van der Waals surface area (Å²) in [5.41, 5.74) is 7.49. The van der Waals surface area contributed by atoms with Crippen molar-refractivity contribution in [2.45, 2.75) is 12.5 Å². The van der Waals surface area contributed by atoms with Gasteiger partial charge in [-0.15, -0.1) is 12.4 Å². The van der Waals surface area contributed by atoms with Crippen LogP contribution >= 0.6 is 12.4 Å². The Morgan fingerprint density at radius 2 is 2.27 bits per heavy atom. The van der Waals surface area contributed by atoms with Gasteiger partial charge in [-0.3, -0.25) is 4.79 Å². The van der Waals surface area contributed by atoms with Crippen LogP contribution < -0.4 is 15.8 Å². The predicted molar refractivity (Wildman–Crippen MR) is 60.6 cm³/mol. The number of halogens is 1. The summed E-state index contributed by atoms with van der Waals surface area (Å²) in [4.78, 5) is 11.2. The minimum atomic E-state index is -0.449. The van der Waals surface area contributed by atoms with Crippen molar-refractivity contribution in [3.05, 3.63) is 23.8 Å². The molecule has 1 aromatic rings. The molecule has 1 atom stereocenters. The Hall–Kier alpha value is -1.26. The number of carbonyl (C=O) groups is 1. The van der Waals surface area contributed by atoms with Gasteiger partial charge in [-0.2, -0.15) is 0 Å². The smallest absolute Gasteiger partial charge is 0.241 e. The number of hydrogen-bond acceptors (Lipinski definition) is 3. The maximum atomic E-state index is 11.2. The highest BCUT2D eigenvalue weighted by Crippen LogP contribution is 2.26. The van der Waals surface area contributed by atoms with Crippen LogP contribution in [0.3, 0.4) is 0 Å². The SMILES string of the molecule is COc1ccc2c(c1)CC(N)C(=O)N2.Cl. The Labute approximate surface area is 94.2 Å². The lowest BCUT2D eigenvalue weighted by Crippen LogP contribution is -2.40. The molecule has 0 radical (unpaired) electrons. The number of methoxy groups -OCH3 is 1. The summed E-state index contributed by atoms with van der Waals surface area (Å²) in [7, 11) is 1.61. The molecule has 0 fully saturated rings. The van der Waals surface area contributed by atoms with Gasteiger partial charge in [0, 0.05) is 5.69 Å². The Bertz CT molecular complexity index is 382. The molecule has 1 aliphatic rings. The van der Waals surface area contributed by atoms with Crippen molar-refractivity contribution in [1.82, 2.24) is 0 Å². The molecule has 0 bridgehead atoms. The molecule has 5 heteroatoms. The van der Waals surface area contributed by atoms with E-state index in [2.05, 4.69) is 5.32 Å². The number of fused-ring (bicyclic) bond motifs is 1. The van der Waals surface area contributed by atoms with Gasteiger partial charge in [0.25, 0.3) is 0 Å². The lowest BCUT2D eigenvalue weighted by molar-refractivity contribution is -0.117. The minimum Gasteiger partial charge on any atom is -0.497 e. The third kappa shape index (κ3) is 2.22. The van der Waals surface area contributed by atoms with Crippen molar-refractivity contribution in [2.24, 2.45) is 5.73 Å². The molecule has 1 aromatic carbocycles. The Balaban J connectivity index is 0.00000112. The molecule has 1 aliphatic heterocycles. The quantitative estimate of drug-likeness (QED) is 0.752. The summed E-state index contributed by atoms with van der Waals surface area (Å²) in [5.74, 6) is 0.662. The molecule has 0 saturated heterocycles. The van der Waals surface area contributed by atoms with E-state index in [-0.39, 0.29) is 18.3 Å². The second kappa shape index (κ2) is 4.51. The first kappa shape index (κ1) is 11.8. The number of nitrogens with one attached hydrogen (secondary N) is 1. The number of amides is 1. The Morgan fingerprint density at radius 3 is 2.93 bits per heavy atom. The van der Waals surface area contributed by atoms with Gasteiger partial charge >= 0.3 is 0 Å². The zero-order valence-corrected chi connectivity index (χ0v) is 9.14. The second-order valence-electron chi connectivity index (χ2n) is 3.32. The average Bonchev–Trinajstić information content (AvgIpc) is 2.19. The first-order valence-corrected chi connectivity index (χ1v) is 4.44. The number of anilines is 1. The first-order chi connectivity index (χ1) is 6.70. The number of rotatable bonds is 1. The third-order valence-electron chi connectivity index (χ3n) is 2.35. The van der Waals surface area contributed by atoms with E-state index in [1.54, 1.807) is 7.11 Å². The van der Waals surface area contributed by atoms with Crippen LogP contribution in [0.2, 0.25) is 0 Å². The lowest BCUT2D eigenvalue weighted by atomic mass is 9.99. The normalized spacial score (nSPS) is 18.5. The number of carbonyl (C=O) groups excluding carboxylic acids is 1. The monoisotopic (exact) mass is 228 g/mol. The highest BCUT2D eigenvalue weighted by Gasteiger charge is 2.22. The number of nitrogens with two attached hydrogens (primary N) is 1. The van der Waals surface area contributed by atoms with Crippen molar-refractivity contribution in [1.29, 1.82) is 0 Å². The number of ether oxygens (including phenoxy) is 1. The average molecular weight is 229 g/mol. The standard InChI is InChI=1S/C10H12N2O2.ClH/c1-14-7-2-3-9-6(4-7)5-8(11)10(13)12-9;/h2-4,8H,5,11H2,1H3,(H,12,13);1H. The van der Waals surface area contributed by atoms with Crippen LogP contribution in [0, 0.1) is 0 Å². The van der Waals surface area contributed by atoms with E-state index in [4.69, 9.17) is 10.5 Å². The van der Waals surface area contributed by atoms with Crippen molar-refractivity contribution in [2.75, 3.05) is 12.4 Å². The summed E-state index contributed by atoms with van der Waals surface area (Å²) in [6.45, 7) is 0. The topological polar surface area (TPSA) is 64.3 Å². The molecular formula is C10H13ClN2O2. The predicted octanol–water partition coefficient (Wildman–Crippen LogP) is 0.939. The second-order valence-corrected chi connectivity index (χ2v) is 3.32. The highest BCUT2D eigenvalue weighted by molar-refractivity contribution is 5.97. The molecule has 1 amide bonds. The van der Waals surface area contributed by atoms with E-state index < -0.39 is 6.04 Å². The van der Waals surface area contributed by atoms with Crippen LogP contribution in [0.25, 0.3) is 0 Å². The lowest BCUT2D eigenvalue weighted by Gasteiger charge is -2.21. The van der Waals surface area contributed by atoms with Crippen LogP contribution in [-0.2, 0) is 11.2 Å². The van der Waals surface area contributed by atoms with Gasteiger partial charge in [0.2, 0.25) is 5.91 Å². The van der Waals surface area contributed by atoms with Crippen LogP contribution in [0.15, 0.2) is 18.2 Å². The molecule has 3 N–H and O–H groups in total. The molecule has 4 nitrogen and oxygen atoms in total. The van der Waals surface area contributed by atoms with Crippen molar-refractivity contribution in [3.63, 3.8) is 0 Å². The molecule has 82 valence electrons. The molecular weight excluding hydrogens is 216 g/mol. The van der Waals surface area contributed by atoms with Gasteiger partial charge in [0.15, 0.2) is 0 Å². The molecule has 1 heterocycles. The summed E-state index contributed by atoms with van der Waals surface area (Å²) < 4.78 is 5.09. The van der Waals surface area contributed by atoms with Gasteiger partial charge in [-0.25, -0.2) is 0 Å². The molecule has 0 aromatic heterocycles. The highest BCUT2D eigenvalue weighted by atomic mass is 35.5. The van der Waals surface area contributed by atoms with Crippen LogP contribution in [-0.4, -0.2) is 19.1 Å². The third-order valence-corrected chi connectivity index (χ3v) is 2.35. The summed E-state index contributed by atoms with van der Waals surface area (Å²) in [6, 6.07) is 5.09. The fraction of sp³-hybridized carbons (Fsp3) is 0.300. The number of hydrogen-bond donors (Lipinski definition) is 2. The molecule has 15 heavy (non-hydrogen) atoms. The van der Waals surface area contributed by atoms with Crippen molar-refractivity contribution in [3.8, 4) is 5.75 Å². The van der Waals surface area contributed by atoms with Crippen LogP contribution in [0.1, 0.15) is 5.56 Å². The maximum absolute atomic E-state index is 11.2. The Kier molecular flexibility index (Phi) is 3.55. The van der Waals surface area contributed by atoms with Crippen molar-refractivity contribution < 1.29 is 9.53 Å². The van der Waals surface area contributed by atoms with E-state index >= 15 is 0 Å². The zero-order chi connectivity index (χ0) is 10.1. The van der Waals surface area contributed by atoms with E-state index in [0.29, 0.717) is 6.42 Å². The number of benzene rings is 1. The summed E-state index contributed by atoms with van der Waals surface area (Å²) >= 11 is 0. The summed E-state index contributed by atoms with van der Waals surface area (Å²) in [6.07, 6.45) is 0.568. The largest absolute Gasteiger partial charge is 0.497 e. The van der Waals surface area contributed by atoms with E-state index in [1.165, 1.54) is 0 Å². The maximum Gasteiger partial charge on any atom is 0.241 e. The molecule has 0 saturated carbocycles. The van der Waals surface area contributed by atoms with E-state index in [1.807, 2.05) is 18.2 Å². The van der Waals surface area contributed by atoms with Gasteiger partial charge in [0.1, 0.15) is 5.75 Å². The minimum absolute atomic E-state index is 0. The Morgan fingerprint density at radius 1 is 1.53 bits per heavy atom. The van der Waals surface area contributed by atoms with Crippen molar-refractivity contribution >= 4 is 24.0 Å². The van der Waals surface area contributed by atoms with E-state index in [9.17, 15) is 4.79 Å². The van der Waals surface area contributed by atoms with Gasteiger partial charge in [-0.05, 0) is 30.2 Å². The van der Waals surface area contributed by atoms with Gasteiger partial charge in [-0.1, -0.05) is 0 Å². The van der Waals surface area contributed by atoms with E-state index in [0.717, 1.165) is 17.0 Å². The van der Waals surface area contributed by atoms with Gasteiger partial charge < -0.3 is 15.8 Å². The molecule has 1 unspecified atom stereocenters. The fourth-order valence-electron chi connectivity index (χ4n) is 1.54. The molecule has 0 spiro atoms. The summed E-state index contributed by atoms with van der Waals surface area (Å²) in [5, 5.41) is 2.74. The fourth-order valence-corrected chi connectivity index (χ4v) is 1.54. The molecule has 0 aliphatic carbocycles. The van der Waals surface area contributed by atoms with Crippen LogP contribution in [0.5, 0.6) is 5.75 Å². The first-order valence-electron chi connectivity index (χ1n) is 4.44.